The van der Waals surface area contributed by atoms with Gasteiger partial charge in [-0.2, -0.15) is 0 Å². The average molecular weight is 248 g/mol. The van der Waals surface area contributed by atoms with Gasteiger partial charge >= 0.3 is 0 Å². The van der Waals surface area contributed by atoms with Crippen LogP contribution in [0.5, 0.6) is 0 Å². The molecule has 1 aliphatic carbocycles. The Morgan fingerprint density at radius 2 is 2.06 bits per heavy atom. The second-order valence-electron chi connectivity index (χ2n) is 4.64. The fraction of sp³-hybridized carbons (Fsp3) is 0.467. The fourth-order valence-electron chi connectivity index (χ4n) is 2.09. The maximum absolute atomic E-state index is 5.43. The van der Waals surface area contributed by atoms with Crippen LogP contribution in [0, 0.1) is 12.8 Å². The van der Waals surface area contributed by atoms with E-state index in [4.69, 9.17) is 4.74 Å². The molecule has 0 saturated carbocycles. The number of benzene rings is 1. The van der Waals surface area contributed by atoms with E-state index in [1.165, 1.54) is 10.5 Å². The SMILES string of the molecule is CO[C@H]1CC=C[C@@H](CSc2ccc(C)cc2)C1. The Balaban J connectivity index is 1.84. The van der Waals surface area contributed by atoms with Crippen LogP contribution in [0.15, 0.2) is 41.3 Å². The lowest BCUT2D eigenvalue weighted by Crippen LogP contribution is -2.19. The van der Waals surface area contributed by atoms with Crippen molar-refractivity contribution in [3.8, 4) is 0 Å². The molecule has 0 aliphatic heterocycles. The van der Waals surface area contributed by atoms with E-state index in [-0.39, 0.29) is 0 Å². The van der Waals surface area contributed by atoms with Gasteiger partial charge in [0.1, 0.15) is 0 Å². The van der Waals surface area contributed by atoms with Gasteiger partial charge in [-0.05, 0) is 37.8 Å². The van der Waals surface area contributed by atoms with Crippen LogP contribution in [0.3, 0.4) is 0 Å². The van der Waals surface area contributed by atoms with Crippen LogP contribution in [0.25, 0.3) is 0 Å². The summed E-state index contributed by atoms with van der Waals surface area (Å²) in [6, 6.07) is 8.77. The Hall–Kier alpha value is -0.730. The Morgan fingerprint density at radius 1 is 1.29 bits per heavy atom. The van der Waals surface area contributed by atoms with Gasteiger partial charge in [0.25, 0.3) is 0 Å². The second kappa shape index (κ2) is 6.27. The van der Waals surface area contributed by atoms with Crippen molar-refractivity contribution in [3.63, 3.8) is 0 Å². The predicted molar refractivity (Wildman–Crippen MR) is 74.6 cm³/mol. The van der Waals surface area contributed by atoms with Gasteiger partial charge < -0.3 is 4.74 Å². The molecule has 0 radical (unpaired) electrons. The smallest absolute Gasteiger partial charge is 0.0611 e. The molecule has 17 heavy (non-hydrogen) atoms. The zero-order chi connectivity index (χ0) is 12.1. The van der Waals surface area contributed by atoms with Gasteiger partial charge in [0.2, 0.25) is 0 Å². The molecular formula is C15H20OS. The summed E-state index contributed by atoms with van der Waals surface area (Å²) in [6.07, 6.45) is 7.26. The standard InChI is InChI=1S/C15H20OS/c1-12-6-8-15(9-7-12)17-11-13-4-3-5-14(10-13)16-2/h3-4,6-9,13-14H,5,10-11H2,1-2H3/t13-,14+/m1/s1. The third kappa shape index (κ3) is 3.90. The molecule has 1 aromatic rings. The number of thioether (sulfide) groups is 1. The van der Waals surface area contributed by atoms with Crippen LogP contribution in [0.1, 0.15) is 18.4 Å². The highest BCUT2D eigenvalue weighted by Gasteiger charge is 2.17. The summed E-state index contributed by atoms with van der Waals surface area (Å²) in [4.78, 5) is 1.36. The molecule has 0 fully saturated rings. The predicted octanol–water partition coefficient (Wildman–Crippen LogP) is 4.07. The molecule has 0 aromatic heterocycles. The van der Waals surface area contributed by atoms with E-state index in [0.29, 0.717) is 12.0 Å². The van der Waals surface area contributed by atoms with Gasteiger partial charge in [0.15, 0.2) is 0 Å². The van der Waals surface area contributed by atoms with E-state index < -0.39 is 0 Å². The zero-order valence-corrected chi connectivity index (χ0v) is 11.4. The number of aryl methyl sites for hydroxylation is 1. The molecular weight excluding hydrogens is 228 g/mol. The van der Waals surface area contributed by atoms with Crippen molar-refractivity contribution in [2.45, 2.75) is 30.8 Å². The Kier molecular flexibility index (Phi) is 4.69. The first kappa shape index (κ1) is 12.7. The van der Waals surface area contributed by atoms with Gasteiger partial charge in [0, 0.05) is 17.8 Å². The Morgan fingerprint density at radius 3 is 2.76 bits per heavy atom. The van der Waals surface area contributed by atoms with Crippen molar-refractivity contribution in [2.75, 3.05) is 12.9 Å². The summed E-state index contributed by atoms with van der Waals surface area (Å²) in [7, 11) is 1.81. The van der Waals surface area contributed by atoms with Gasteiger partial charge in [-0.3, -0.25) is 0 Å². The Labute approximate surface area is 108 Å². The lowest BCUT2D eigenvalue weighted by atomic mass is 9.95. The lowest BCUT2D eigenvalue weighted by Gasteiger charge is -2.23. The Bertz CT molecular complexity index is 369. The van der Waals surface area contributed by atoms with Crippen LogP contribution in [0.2, 0.25) is 0 Å². The molecule has 0 N–H and O–H groups in total. The van der Waals surface area contributed by atoms with Crippen LogP contribution >= 0.6 is 11.8 Å². The summed E-state index contributed by atoms with van der Waals surface area (Å²) >= 11 is 1.94. The maximum atomic E-state index is 5.43. The third-order valence-corrected chi connectivity index (χ3v) is 4.39. The summed E-state index contributed by atoms with van der Waals surface area (Å²) < 4.78 is 5.43. The molecule has 0 unspecified atom stereocenters. The molecule has 0 spiro atoms. The minimum atomic E-state index is 0.420. The highest BCUT2D eigenvalue weighted by atomic mass is 32.2. The number of methoxy groups -OCH3 is 1. The number of rotatable bonds is 4. The summed E-state index contributed by atoms with van der Waals surface area (Å²) in [5, 5.41) is 0. The minimum Gasteiger partial charge on any atom is -0.381 e. The summed E-state index contributed by atoms with van der Waals surface area (Å²) in [5.74, 6) is 1.80. The molecule has 0 saturated heterocycles. The minimum absolute atomic E-state index is 0.420. The lowest BCUT2D eigenvalue weighted by molar-refractivity contribution is 0.0859. The molecule has 0 bridgehead atoms. The van der Waals surface area contributed by atoms with Crippen LogP contribution < -0.4 is 0 Å². The first-order valence-electron chi connectivity index (χ1n) is 6.17. The van der Waals surface area contributed by atoms with Crippen LogP contribution in [0.4, 0.5) is 0 Å². The van der Waals surface area contributed by atoms with Crippen LogP contribution in [-0.2, 0) is 4.74 Å². The molecule has 1 aliphatic rings. The quantitative estimate of drug-likeness (QED) is 0.587. The largest absolute Gasteiger partial charge is 0.381 e. The summed E-state index contributed by atoms with van der Waals surface area (Å²) in [5.41, 5.74) is 1.33. The molecule has 2 rings (SSSR count). The van der Waals surface area contributed by atoms with Gasteiger partial charge in [-0.1, -0.05) is 29.8 Å². The monoisotopic (exact) mass is 248 g/mol. The van der Waals surface area contributed by atoms with Gasteiger partial charge in [-0.25, -0.2) is 0 Å². The van der Waals surface area contributed by atoms with Crippen molar-refractivity contribution in [2.24, 2.45) is 5.92 Å². The highest BCUT2D eigenvalue weighted by molar-refractivity contribution is 7.99. The summed E-state index contributed by atoms with van der Waals surface area (Å²) in [6.45, 7) is 2.13. The molecule has 1 nitrogen and oxygen atoms in total. The first-order valence-corrected chi connectivity index (χ1v) is 7.15. The van der Waals surface area contributed by atoms with Crippen molar-refractivity contribution in [1.29, 1.82) is 0 Å². The van der Waals surface area contributed by atoms with Crippen LogP contribution in [-0.4, -0.2) is 19.0 Å². The molecule has 92 valence electrons. The molecule has 0 amide bonds. The number of hydrogen-bond acceptors (Lipinski definition) is 2. The second-order valence-corrected chi connectivity index (χ2v) is 5.73. The third-order valence-electron chi connectivity index (χ3n) is 3.19. The van der Waals surface area contributed by atoms with Gasteiger partial charge in [-0.15, -0.1) is 11.8 Å². The number of allylic oxidation sites excluding steroid dienone is 1. The molecule has 0 heterocycles. The van der Waals surface area contributed by atoms with Crippen molar-refractivity contribution in [1.82, 2.24) is 0 Å². The maximum Gasteiger partial charge on any atom is 0.0611 e. The fourth-order valence-corrected chi connectivity index (χ4v) is 3.07. The average Bonchev–Trinajstić information content (AvgIpc) is 2.38. The molecule has 2 heteroatoms. The molecule has 2 atom stereocenters. The van der Waals surface area contributed by atoms with E-state index in [0.717, 1.165) is 18.6 Å². The number of hydrogen-bond donors (Lipinski definition) is 0. The van der Waals surface area contributed by atoms with Crippen molar-refractivity contribution >= 4 is 11.8 Å². The van der Waals surface area contributed by atoms with E-state index in [1.54, 1.807) is 0 Å². The van der Waals surface area contributed by atoms with E-state index in [2.05, 4.69) is 43.3 Å². The van der Waals surface area contributed by atoms with E-state index >= 15 is 0 Å². The number of ether oxygens (including phenoxy) is 1. The molecule has 1 aromatic carbocycles. The van der Waals surface area contributed by atoms with E-state index in [1.807, 2.05) is 18.9 Å². The zero-order valence-electron chi connectivity index (χ0n) is 10.6. The topological polar surface area (TPSA) is 9.23 Å². The van der Waals surface area contributed by atoms with Gasteiger partial charge in [0.05, 0.1) is 6.10 Å². The van der Waals surface area contributed by atoms with Crippen molar-refractivity contribution < 1.29 is 4.74 Å². The van der Waals surface area contributed by atoms with Crippen molar-refractivity contribution in [3.05, 3.63) is 42.0 Å². The first-order chi connectivity index (χ1) is 8.28. The highest BCUT2D eigenvalue weighted by Crippen LogP contribution is 2.27. The van der Waals surface area contributed by atoms with E-state index in [9.17, 15) is 0 Å². The normalized spacial score (nSPS) is 23.9.